The van der Waals surface area contributed by atoms with E-state index in [4.69, 9.17) is 14.2 Å². The number of aliphatic hydroxyl groups excluding tert-OH is 1. The molecule has 2 N–H and O–H groups in total. The van der Waals surface area contributed by atoms with Crippen molar-refractivity contribution in [1.29, 1.82) is 0 Å². The van der Waals surface area contributed by atoms with Crippen LogP contribution in [0.1, 0.15) is 11.1 Å². The number of benzene rings is 2. The highest BCUT2D eigenvalue weighted by Crippen LogP contribution is 2.14. The average Bonchev–Trinajstić information content (AvgIpc) is 2.71. The van der Waals surface area contributed by atoms with Crippen LogP contribution in [0.2, 0.25) is 0 Å². The first-order chi connectivity index (χ1) is 12.6. The van der Waals surface area contributed by atoms with Crippen molar-refractivity contribution in [1.82, 2.24) is 5.32 Å². The molecule has 2 aromatic rings. The van der Waals surface area contributed by atoms with Crippen molar-refractivity contribution in [3.63, 3.8) is 0 Å². The van der Waals surface area contributed by atoms with E-state index in [9.17, 15) is 9.90 Å². The quantitative estimate of drug-likeness (QED) is 0.631. The largest absolute Gasteiger partial charge is 0.497 e. The molecular formula is C20H25NO5. The Labute approximate surface area is 153 Å². The summed E-state index contributed by atoms with van der Waals surface area (Å²) in [6.07, 6.45) is 0. The molecule has 6 heteroatoms. The van der Waals surface area contributed by atoms with Crippen molar-refractivity contribution in [2.24, 2.45) is 0 Å². The van der Waals surface area contributed by atoms with E-state index >= 15 is 0 Å². The van der Waals surface area contributed by atoms with Gasteiger partial charge in [-0.1, -0.05) is 42.5 Å². The number of hydrogen-bond donors (Lipinski definition) is 2. The van der Waals surface area contributed by atoms with Crippen molar-refractivity contribution in [2.75, 3.05) is 27.4 Å². The fourth-order valence-corrected chi connectivity index (χ4v) is 2.48. The monoisotopic (exact) mass is 359 g/mol. The molecule has 0 heterocycles. The number of ether oxygens (including phenoxy) is 3. The Morgan fingerprint density at radius 2 is 1.73 bits per heavy atom. The van der Waals surface area contributed by atoms with E-state index < -0.39 is 18.1 Å². The molecule has 1 unspecified atom stereocenters. The third kappa shape index (κ3) is 5.29. The number of aliphatic hydroxyl groups is 1. The molecule has 26 heavy (non-hydrogen) atoms. The second kappa shape index (κ2) is 9.91. The van der Waals surface area contributed by atoms with Gasteiger partial charge in [0.25, 0.3) is 0 Å². The van der Waals surface area contributed by atoms with Crippen molar-refractivity contribution in [2.45, 2.75) is 18.7 Å². The fourth-order valence-electron chi connectivity index (χ4n) is 2.48. The lowest BCUT2D eigenvalue weighted by Gasteiger charge is -2.30. The molecule has 0 amide bonds. The second-order valence-corrected chi connectivity index (χ2v) is 5.91. The van der Waals surface area contributed by atoms with Gasteiger partial charge in [-0.05, 0) is 23.3 Å². The number of carbonyl (C=O) groups excluding carboxylic acids is 1. The van der Waals surface area contributed by atoms with Crippen LogP contribution in [0.5, 0.6) is 5.75 Å². The molecule has 0 aliphatic heterocycles. The number of carbonyl (C=O) groups is 1. The van der Waals surface area contributed by atoms with Gasteiger partial charge in [0.15, 0.2) is 5.54 Å². The molecule has 0 bridgehead atoms. The maximum atomic E-state index is 12.3. The maximum absolute atomic E-state index is 12.3. The highest BCUT2D eigenvalue weighted by atomic mass is 16.5. The predicted octanol–water partition coefficient (Wildman–Crippen LogP) is 1.91. The first-order valence-electron chi connectivity index (χ1n) is 8.32. The lowest BCUT2D eigenvalue weighted by atomic mass is 10.0. The second-order valence-electron chi connectivity index (χ2n) is 5.91. The Morgan fingerprint density at radius 3 is 2.31 bits per heavy atom. The number of rotatable bonds is 10. The van der Waals surface area contributed by atoms with Gasteiger partial charge in [0.1, 0.15) is 5.75 Å². The Bertz CT molecular complexity index is 674. The van der Waals surface area contributed by atoms with E-state index in [0.717, 1.165) is 16.9 Å². The number of hydrogen-bond acceptors (Lipinski definition) is 6. The van der Waals surface area contributed by atoms with Crippen molar-refractivity contribution >= 4 is 5.97 Å². The van der Waals surface area contributed by atoms with Gasteiger partial charge in [-0.3, -0.25) is 5.32 Å². The van der Waals surface area contributed by atoms with Gasteiger partial charge in [0.2, 0.25) is 0 Å². The Hall–Kier alpha value is -2.41. The molecule has 140 valence electrons. The van der Waals surface area contributed by atoms with E-state index in [1.807, 2.05) is 54.6 Å². The standard InChI is InChI=1S/C20H25NO5/c1-24-18-10-8-16(9-11-18)12-21-20(14-22,19(23)25-2)15-26-13-17-6-4-3-5-7-17/h3-11,21-22H,12-15H2,1-2H3. The third-order valence-electron chi connectivity index (χ3n) is 4.10. The Kier molecular flexibility index (Phi) is 7.59. The van der Waals surface area contributed by atoms with Crippen LogP contribution in [-0.4, -0.2) is 44.0 Å². The summed E-state index contributed by atoms with van der Waals surface area (Å²) in [7, 11) is 2.89. The summed E-state index contributed by atoms with van der Waals surface area (Å²) in [6, 6.07) is 17.1. The zero-order chi connectivity index (χ0) is 18.8. The molecular weight excluding hydrogens is 334 g/mol. The lowest BCUT2D eigenvalue weighted by molar-refractivity contribution is -0.154. The summed E-state index contributed by atoms with van der Waals surface area (Å²) < 4.78 is 15.7. The molecule has 6 nitrogen and oxygen atoms in total. The van der Waals surface area contributed by atoms with Crippen molar-refractivity contribution in [3.8, 4) is 5.75 Å². The maximum Gasteiger partial charge on any atom is 0.330 e. The predicted molar refractivity (Wildman–Crippen MR) is 97.8 cm³/mol. The van der Waals surface area contributed by atoms with E-state index in [2.05, 4.69) is 5.32 Å². The van der Waals surface area contributed by atoms with E-state index in [-0.39, 0.29) is 6.61 Å². The van der Waals surface area contributed by atoms with Crippen molar-refractivity contribution in [3.05, 3.63) is 65.7 Å². The summed E-state index contributed by atoms with van der Waals surface area (Å²) in [4.78, 5) is 12.3. The van der Waals surface area contributed by atoms with Crippen LogP contribution < -0.4 is 10.1 Å². The average molecular weight is 359 g/mol. The van der Waals surface area contributed by atoms with Gasteiger partial charge in [-0.15, -0.1) is 0 Å². The highest BCUT2D eigenvalue weighted by Gasteiger charge is 2.39. The summed E-state index contributed by atoms with van der Waals surface area (Å²) >= 11 is 0. The minimum Gasteiger partial charge on any atom is -0.497 e. The number of esters is 1. The van der Waals surface area contributed by atoms with E-state index in [1.165, 1.54) is 7.11 Å². The Morgan fingerprint density at radius 1 is 1.04 bits per heavy atom. The number of methoxy groups -OCH3 is 2. The van der Waals surface area contributed by atoms with Crippen molar-refractivity contribution < 1.29 is 24.1 Å². The van der Waals surface area contributed by atoms with Crippen LogP contribution in [0, 0.1) is 0 Å². The molecule has 0 aromatic heterocycles. The van der Waals surface area contributed by atoms with Gasteiger partial charge in [0.05, 0.1) is 34.0 Å². The smallest absolute Gasteiger partial charge is 0.330 e. The molecule has 0 saturated heterocycles. The summed E-state index contributed by atoms with van der Waals surface area (Å²) in [5, 5.41) is 13.0. The van der Waals surface area contributed by atoms with Gasteiger partial charge in [0, 0.05) is 6.54 Å². The summed E-state index contributed by atoms with van der Waals surface area (Å²) in [5.74, 6) is 0.183. The van der Waals surface area contributed by atoms with Crippen LogP contribution in [0.25, 0.3) is 0 Å². The summed E-state index contributed by atoms with van der Waals surface area (Å²) in [5.41, 5.74) is 0.596. The molecule has 2 aromatic carbocycles. The Balaban J connectivity index is 2.01. The molecule has 1 atom stereocenters. The van der Waals surface area contributed by atoms with Gasteiger partial charge >= 0.3 is 5.97 Å². The topological polar surface area (TPSA) is 77.0 Å². The van der Waals surface area contributed by atoms with Gasteiger partial charge in [-0.2, -0.15) is 0 Å². The zero-order valence-electron chi connectivity index (χ0n) is 15.1. The normalized spacial score (nSPS) is 13.0. The highest BCUT2D eigenvalue weighted by molar-refractivity contribution is 5.81. The third-order valence-corrected chi connectivity index (χ3v) is 4.10. The minimum atomic E-state index is -1.33. The zero-order valence-corrected chi connectivity index (χ0v) is 15.1. The molecule has 0 spiro atoms. The number of nitrogens with one attached hydrogen (secondary N) is 1. The van der Waals surface area contributed by atoms with E-state index in [0.29, 0.717) is 13.2 Å². The summed E-state index contributed by atoms with van der Waals surface area (Å²) in [6.45, 7) is 0.254. The van der Waals surface area contributed by atoms with Crippen LogP contribution in [0.4, 0.5) is 0 Å². The van der Waals surface area contributed by atoms with Crippen LogP contribution in [0.15, 0.2) is 54.6 Å². The van der Waals surface area contributed by atoms with Crippen LogP contribution >= 0.6 is 0 Å². The van der Waals surface area contributed by atoms with E-state index in [1.54, 1.807) is 7.11 Å². The first kappa shape index (κ1) is 19.9. The van der Waals surface area contributed by atoms with Gasteiger partial charge in [-0.25, -0.2) is 4.79 Å². The molecule has 0 fully saturated rings. The molecule has 0 aliphatic rings. The van der Waals surface area contributed by atoms with Crippen LogP contribution in [-0.2, 0) is 27.4 Å². The SMILES string of the molecule is COC(=O)C(CO)(COCc1ccccc1)NCc1ccc(OC)cc1. The van der Waals surface area contributed by atoms with Gasteiger partial charge < -0.3 is 19.3 Å². The minimum absolute atomic E-state index is 0.0127. The molecule has 0 radical (unpaired) electrons. The molecule has 0 aliphatic carbocycles. The fraction of sp³-hybridized carbons (Fsp3) is 0.350. The molecule has 0 saturated carbocycles. The molecule has 2 rings (SSSR count). The van der Waals surface area contributed by atoms with Crippen LogP contribution in [0.3, 0.4) is 0 Å². The first-order valence-corrected chi connectivity index (χ1v) is 8.32. The lowest BCUT2D eigenvalue weighted by Crippen LogP contribution is -2.58.